The Balaban J connectivity index is 1.43. The Labute approximate surface area is 173 Å². The summed E-state index contributed by atoms with van der Waals surface area (Å²) in [6.45, 7) is 4.76. The van der Waals surface area contributed by atoms with Crippen molar-refractivity contribution < 1.29 is 19.1 Å². The standard InChI is InChI=1S/C22H24N4O4/c1-2-19(27)24-15-10-30-11-16(15)25-20(28)14-5-4-13-8-18-21(29)23-12-22(6-3-7-22)26(18)17(13)9-14/h2,4-5,8-9,15-16H,1,3,6-7,10-12H2,(H,23,29)(H,24,27)(H,25,28)/t15-,16+/m1/s1. The van der Waals surface area contributed by atoms with Crippen molar-refractivity contribution in [1.82, 2.24) is 20.5 Å². The lowest BCUT2D eigenvalue weighted by atomic mass is 9.75. The summed E-state index contributed by atoms with van der Waals surface area (Å²) >= 11 is 0. The highest BCUT2D eigenvalue weighted by Crippen LogP contribution is 2.44. The number of aromatic nitrogens is 1. The lowest BCUT2D eigenvalue weighted by Gasteiger charge is -2.47. The molecular weight excluding hydrogens is 384 g/mol. The number of fused-ring (bicyclic) bond motifs is 4. The summed E-state index contributed by atoms with van der Waals surface area (Å²) in [4.78, 5) is 37.0. The molecule has 0 radical (unpaired) electrons. The Bertz CT molecular complexity index is 1070. The molecule has 0 bridgehead atoms. The zero-order valence-corrected chi connectivity index (χ0v) is 16.6. The second-order valence-electron chi connectivity index (χ2n) is 8.34. The number of carbonyl (C=O) groups is 3. The Morgan fingerprint density at radius 1 is 1.20 bits per heavy atom. The number of carbonyl (C=O) groups excluding carboxylic acids is 3. The summed E-state index contributed by atoms with van der Waals surface area (Å²) in [7, 11) is 0. The minimum absolute atomic E-state index is 0.0707. The number of hydrogen-bond donors (Lipinski definition) is 3. The van der Waals surface area contributed by atoms with Crippen LogP contribution < -0.4 is 16.0 Å². The lowest BCUT2D eigenvalue weighted by molar-refractivity contribution is -0.117. The second kappa shape index (κ2) is 6.98. The molecule has 3 aliphatic rings. The van der Waals surface area contributed by atoms with Gasteiger partial charge in [0.15, 0.2) is 0 Å². The SMILES string of the molecule is C=CC(=O)N[C@@H]1COC[C@@H]1NC(=O)c1ccc2cc3n(c2c1)C1(CCC1)CNC3=O. The van der Waals surface area contributed by atoms with Crippen LogP contribution in [0.2, 0.25) is 0 Å². The molecule has 3 N–H and O–H groups in total. The number of ether oxygens (including phenoxy) is 1. The molecule has 0 unspecified atom stereocenters. The van der Waals surface area contributed by atoms with Crippen LogP contribution in [0.3, 0.4) is 0 Å². The van der Waals surface area contributed by atoms with Crippen molar-refractivity contribution in [3.05, 3.63) is 48.2 Å². The van der Waals surface area contributed by atoms with E-state index in [9.17, 15) is 14.4 Å². The maximum atomic E-state index is 13.0. The molecule has 5 rings (SSSR count). The fourth-order valence-corrected chi connectivity index (χ4v) is 4.75. The van der Waals surface area contributed by atoms with Gasteiger partial charge in [0.05, 0.1) is 36.4 Å². The van der Waals surface area contributed by atoms with Gasteiger partial charge < -0.3 is 25.3 Å². The first-order chi connectivity index (χ1) is 14.5. The molecule has 1 saturated carbocycles. The maximum absolute atomic E-state index is 13.0. The summed E-state index contributed by atoms with van der Waals surface area (Å²) in [5.74, 6) is -0.600. The highest BCUT2D eigenvalue weighted by Gasteiger charge is 2.44. The average Bonchev–Trinajstić information content (AvgIpc) is 3.31. The van der Waals surface area contributed by atoms with E-state index in [1.807, 2.05) is 18.2 Å². The number of amides is 3. The van der Waals surface area contributed by atoms with Crippen LogP contribution in [0, 0.1) is 0 Å². The molecule has 30 heavy (non-hydrogen) atoms. The molecule has 156 valence electrons. The van der Waals surface area contributed by atoms with E-state index in [0.717, 1.165) is 30.2 Å². The summed E-state index contributed by atoms with van der Waals surface area (Å²) in [5.41, 5.74) is 2.00. The zero-order valence-electron chi connectivity index (χ0n) is 16.6. The molecule has 2 atom stereocenters. The minimum atomic E-state index is -0.318. The highest BCUT2D eigenvalue weighted by molar-refractivity contribution is 6.03. The first-order valence-electron chi connectivity index (χ1n) is 10.3. The molecule has 1 saturated heterocycles. The molecule has 1 aromatic heterocycles. The van der Waals surface area contributed by atoms with Crippen LogP contribution in [-0.2, 0) is 15.1 Å². The predicted molar refractivity (Wildman–Crippen MR) is 110 cm³/mol. The minimum Gasteiger partial charge on any atom is -0.377 e. The summed E-state index contributed by atoms with van der Waals surface area (Å²) in [6.07, 6.45) is 4.37. The molecular formula is C22H24N4O4. The van der Waals surface area contributed by atoms with E-state index in [4.69, 9.17) is 4.74 Å². The third-order valence-electron chi connectivity index (χ3n) is 6.55. The Morgan fingerprint density at radius 2 is 1.97 bits per heavy atom. The molecule has 2 fully saturated rings. The van der Waals surface area contributed by atoms with Gasteiger partial charge in [-0.15, -0.1) is 0 Å². The predicted octanol–water partition coefficient (Wildman–Crippen LogP) is 1.06. The van der Waals surface area contributed by atoms with Crippen molar-refractivity contribution in [2.75, 3.05) is 19.8 Å². The summed E-state index contributed by atoms with van der Waals surface area (Å²) in [6, 6.07) is 6.80. The molecule has 8 nitrogen and oxygen atoms in total. The Kier molecular flexibility index (Phi) is 4.39. The van der Waals surface area contributed by atoms with Crippen molar-refractivity contribution in [2.45, 2.75) is 36.9 Å². The van der Waals surface area contributed by atoms with Gasteiger partial charge in [-0.25, -0.2) is 0 Å². The number of hydrogen-bond acceptors (Lipinski definition) is 4. The quantitative estimate of drug-likeness (QED) is 0.659. The van der Waals surface area contributed by atoms with Gasteiger partial charge in [-0.1, -0.05) is 12.6 Å². The third kappa shape index (κ3) is 2.90. The van der Waals surface area contributed by atoms with Crippen LogP contribution in [-0.4, -0.2) is 54.1 Å². The summed E-state index contributed by atoms with van der Waals surface area (Å²) in [5, 5.41) is 9.71. The van der Waals surface area contributed by atoms with Crippen molar-refractivity contribution in [3.8, 4) is 0 Å². The van der Waals surface area contributed by atoms with E-state index >= 15 is 0 Å². The van der Waals surface area contributed by atoms with Gasteiger partial charge in [-0.2, -0.15) is 0 Å². The van der Waals surface area contributed by atoms with Crippen LogP contribution in [0.5, 0.6) is 0 Å². The maximum Gasteiger partial charge on any atom is 0.268 e. The topological polar surface area (TPSA) is 101 Å². The number of nitrogens with one attached hydrogen (secondary N) is 3. The van der Waals surface area contributed by atoms with Crippen molar-refractivity contribution >= 4 is 28.6 Å². The van der Waals surface area contributed by atoms with E-state index in [1.54, 1.807) is 6.07 Å². The molecule has 8 heteroatoms. The van der Waals surface area contributed by atoms with Gasteiger partial charge in [-0.3, -0.25) is 14.4 Å². The molecule has 2 aromatic rings. The van der Waals surface area contributed by atoms with Crippen molar-refractivity contribution in [3.63, 3.8) is 0 Å². The van der Waals surface area contributed by atoms with Crippen LogP contribution in [0.1, 0.15) is 40.1 Å². The number of benzene rings is 1. The van der Waals surface area contributed by atoms with Gasteiger partial charge in [0, 0.05) is 17.5 Å². The van der Waals surface area contributed by atoms with Gasteiger partial charge in [0.2, 0.25) is 5.91 Å². The summed E-state index contributed by atoms with van der Waals surface area (Å²) < 4.78 is 7.57. The Morgan fingerprint density at radius 3 is 2.67 bits per heavy atom. The molecule has 1 aromatic carbocycles. The number of nitrogens with zero attached hydrogens (tertiary/aromatic N) is 1. The van der Waals surface area contributed by atoms with Gasteiger partial charge in [-0.05, 0) is 43.5 Å². The van der Waals surface area contributed by atoms with Gasteiger partial charge >= 0.3 is 0 Å². The van der Waals surface area contributed by atoms with Crippen LogP contribution in [0.15, 0.2) is 36.9 Å². The van der Waals surface area contributed by atoms with Gasteiger partial charge in [0.1, 0.15) is 5.69 Å². The van der Waals surface area contributed by atoms with Crippen molar-refractivity contribution in [2.24, 2.45) is 0 Å². The monoisotopic (exact) mass is 408 g/mol. The van der Waals surface area contributed by atoms with E-state index < -0.39 is 0 Å². The second-order valence-corrected chi connectivity index (χ2v) is 8.34. The highest BCUT2D eigenvalue weighted by atomic mass is 16.5. The van der Waals surface area contributed by atoms with Gasteiger partial charge in [0.25, 0.3) is 11.8 Å². The molecule has 3 heterocycles. The Hall–Kier alpha value is -3.13. The first kappa shape index (κ1) is 18.9. The molecule has 1 spiro atoms. The normalized spacial score (nSPS) is 24.1. The van der Waals surface area contributed by atoms with E-state index in [1.165, 1.54) is 6.08 Å². The largest absolute Gasteiger partial charge is 0.377 e. The van der Waals surface area contributed by atoms with E-state index in [-0.39, 0.29) is 35.3 Å². The fraction of sp³-hybridized carbons (Fsp3) is 0.409. The molecule has 3 amide bonds. The smallest absolute Gasteiger partial charge is 0.268 e. The van der Waals surface area contributed by atoms with Crippen LogP contribution in [0.4, 0.5) is 0 Å². The average molecular weight is 408 g/mol. The first-order valence-corrected chi connectivity index (χ1v) is 10.3. The zero-order chi connectivity index (χ0) is 20.9. The van der Waals surface area contributed by atoms with E-state index in [2.05, 4.69) is 27.1 Å². The lowest BCUT2D eigenvalue weighted by Crippen LogP contribution is -2.55. The fourth-order valence-electron chi connectivity index (χ4n) is 4.75. The number of rotatable bonds is 4. The van der Waals surface area contributed by atoms with Crippen LogP contribution >= 0.6 is 0 Å². The molecule has 2 aliphatic heterocycles. The molecule has 1 aliphatic carbocycles. The van der Waals surface area contributed by atoms with E-state index in [0.29, 0.717) is 31.0 Å². The van der Waals surface area contributed by atoms with Crippen LogP contribution in [0.25, 0.3) is 10.9 Å². The third-order valence-corrected chi connectivity index (χ3v) is 6.55. The van der Waals surface area contributed by atoms with Crippen molar-refractivity contribution in [1.29, 1.82) is 0 Å².